The summed E-state index contributed by atoms with van der Waals surface area (Å²) < 4.78 is 18.5. The van der Waals surface area contributed by atoms with Crippen LogP contribution in [0, 0.1) is 7.14 Å². The first-order chi connectivity index (χ1) is 14.4. The number of carbonyl (C=O) groups is 2. The molecule has 1 aromatic heterocycles. The standard InChI is InChI=1S/C20H15BrI2N2O5/c1-2-28-18(26)10-29-19-14(22)5-11(6-15(19)23)9-24-25-20(27)17-8-12-7-13(21)3-4-16(12)30-17/h3-9H,2,10H2,1H3,(H,25,27)/b24-9+. The van der Waals surface area contributed by atoms with E-state index in [4.69, 9.17) is 13.9 Å². The van der Waals surface area contributed by atoms with Crippen molar-refractivity contribution in [3.8, 4) is 5.75 Å². The van der Waals surface area contributed by atoms with E-state index in [1.165, 1.54) is 6.21 Å². The van der Waals surface area contributed by atoms with E-state index >= 15 is 0 Å². The molecule has 7 nitrogen and oxygen atoms in total. The Hall–Kier alpha value is -1.67. The monoisotopic (exact) mass is 696 g/mol. The normalized spacial score (nSPS) is 11.1. The first-order valence-electron chi connectivity index (χ1n) is 8.67. The lowest BCUT2D eigenvalue weighted by molar-refractivity contribution is -0.145. The minimum atomic E-state index is -0.447. The number of hydrogen-bond acceptors (Lipinski definition) is 6. The fraction of sp³-hybridized carbons (Fsp3) is 0.150. The highest BCUT2D eigenvalue weighted by Crippen LogP contribution is 2.28. The van der Waals surface area contributed by atoms with Crippen LogP contribution in [0.5, 0.6) is 5.75 Å². The van der Waals surface area contributed by atoms with Gasteiger partial charge < -0.3 is 13.9 Å². The molecule has 0 saturated carbocycles. The number of ether oxygens (including phenoxy) is 2. The molecule has 0 unspecified atom stereocenters. The summed E-state index contributed by atoms with van der Waals surface area (Å²) in [6.45, 7) is 1.89. The molecule has 2 aromatic carbocycles. The Morgan fingerprint density at radius 3 is 2.63 bits per heavy atom. The minimum Gasteiger partial charge on any atom is -0.480 e. The van der Waals surface area contributed by atoms with E-state index in [1.807, 2.05) is 24.3 Å². The summed E-state index contributed by atoms with van der Waals surface area (Å²) in [5.41, 5.74) is 3.84. The van der Waals surface area contributed by atoms with Gasteiger partial charge in [-0.05, 0) is 94.1 Å². The average Bonchev–Trinajstić information content (AvgIpc) is 3.11. The zero-order chi connectivity index (χ0) is 21.7. The number of halogens is 3. The number of nitrogens with one attached hydrogen (secondary N) is 1. The number of hydrazone groups is 1. The largest absolute Gasteiger partial charge is 0.480 e. The molecule has 3 rings (SSSR count). The molecule has 30 heavy (non-hydrogen) atoms. The number of furan rings is 1. The van der Waals surface area contributed by atoms with E-state index in [0.29, 0.717) is 17.9 Å². The van der Waals surface area contributed by atoms with E-state index < -0.39 is 11.9 Å². The fourth-order valence-corrected chi connectivity index (χ4v) is 4.98. The zero-order valence-electron chi connectivity index (χ0n) is 15.6. The summed E-state index contributed by atoms with van der Waals surface area (Å²) >= 11 is 7.62. The second kappa shape index (κ2) is 10.6. The second-order valence-electron chi connectivity index (χ2n) is 5.90. The van der Waals surface area contributed by atoms with Gasteiger partial charge in [-0.2, -0.15) is 5.10 Å². The highest BCUT2D eigenvalue weighted by molar-refractivity contribution is 14.1. The molecule has 3 aromatic rings. The summed E-state index contributed by atoms with van der Waals surface area (Å²) in [7, 11) is 0. The maximum atomic E-state index is 12.3. The minimum absolute atomic E-state index is 0.155. The third-order valence-corrected chi connectivity index (χ3v) is 5.84. The summed E-state index contributed by atoms with van der Waals surface area (Å²) in [4.78, 5) is 23.8. The van der Waals surface area contributed by atoms with Gasteiger partial charge >= 0.3 is 11.9 Å². The first-order valence-corrected chi connectivity index (χ1v) is 11.6. The topological polar surface area (TPSA) is 90.1 Å². The Balaban J connectivity index is 1.65. The molecule has 1 amide bonds. The van der Waals surface area contributed by atoms with Gasteiger partial charge in [0.2, 0.25) is 0 Å². The molecule has 0 bridgehead atoms. The predicted molar refractivity (Wildman–Crippen MR) is 133 cm³/mol. The van der Waals surface area contributed by atoms with Gasteiger partial charge in [0.25, 0.3) is 0 Å². The third kappa shape index (κ3) is 5.94. The highest BCUT2D eigenvalue weighted by Gasteiger charge is 2.13. The fourth-order valence-electron chi connectivity index (χ4n) is 2.47. The van der Waals surface area contributed by atoms with Gasteiger partial charge in [-0.1, -0.05) is 15.9 Å². The van der Waals surface area contributed by atoms with Gasteiger partial charge in [0, 0.05) is 9.86 Å². The molecule has 0 fully saturated rings. The van der Waals surface area contributed by atoms with Crippen molar-refractivity contribution in [2.24, 2.45) is 5.10 Å². The number of amides is 1. The van der Waals surface area contributed by atoms with Crippen LogP contribution in [-0.2, 0) is 9.53 Å². The van der Waals surface area contributed by atoms with Gasteiger partial charge in [-0.25, -0.2) is 10.2 Å². The second-order valence-corrected chi connectivity index (χ2v) is 9.14. The van der Waals surface area contributed by atoms with Crippen LogP contribution in [0.3, 0.4) is 0 Å². The number of benzene rings is 2. The summed E-state index contributed by atoms with van der Waals surface area (Å²) in [6.07, 6.45) is 1.52. The van der Waals surface area contributed by atoms with Crippen LogP contribution in [0.1, 0.15) is 23.0 Å². The van der Waals surface area contributed by atoms with Gasteiger partial charge in [-0.15, -0.1) is 0 Å². The summed E-state index contributed by atoms with van der Waals surface area (Å²) in [6, 6.07) is 10.8. The lowest BCUT2D eigenvalue weighted by Crippen LogP contribution is -2.17. The van der Waals surface area contributed by atoms with Crippen molar-refractivity contribution in [3.05, 3.63) is 59.3 Å². The van der Waals surface area contributed by atoms with Gasteiger partial charge in [-0.3, -0.25) is 4.79 Å². The van der Waals surface area contributed by atoms with E-state index in [-0.39, 0.29) is 12.4 Å². The molecule has 0 aliphatic carbocycles. The summed E-state index contributed by atoms with van der Waals surface area (Å²) in [5.74, 6) is -0.0984. The Kier molecular flexibility index (Phi) is 8.11. The van der Waals surface area contributed by atoms with Crippen LogP contribution in [-0.4, -0.2) is 31.3 Å². The Bertz CT molecular complexity index is 1110. The maximum Gasteiger partial charge on any atom is 0.344 e. The van der Waals surface area contributed by atoms with E-state index in [2.05, 4.69) is 71.6 Å². The SMILES string of the molecule is CCOC(=O)COc1c(I)cc(/C=N/NC(=O)c2cc3cc(Br)ccc3o2)cc1I. The van der Waals surface area contributed by atoms with E-state index in [0.717, 1.165) is 22.6 Å². The predicted octanol–water partition coefficient (Wildman–Crippen LogP) is 5.11. The van der Waals surface area contributed by atoms with Gasteiger partial charge in [0.05, 0.1) is 20.0 Å². The number of fused-ring (bicyclic) bond motifs is 1. The lowest BCUT2D eigenvalue weighted by Gasteiger charge is -2.10. The van der Waals surface area contributed by atoms with Crippen LogP contribution >= 0.6 is 61.1 Å². The smallest absolute Gasteiger partial charge is 0.344 e. The van der Waals surface area contributed by atoms with Crippen LogP contribution in [0.4, 0.5) is 0 Å². The molecule has 0 saturated heterocycles. The van der Waals surface area contributed by atoms with Crippen LogP contribution in [0.15, 0.2) is 50.4 Å². The first kappa shape index (κ1) is 23.0. The van der Waals surface area contributed by atoms with Crippen molar-refractivity contribution in [2.75, 3.05) is 13.2 Å². The lowest BCUT2D eigenvalue weighted by atomic mass is 10.2. The van der Waals surface area contributed by atoms with Crippen molar-refractivity contribution in [1.29, 1.82) is 0 Å². The highest BCUT2D eigenvalue weighted by atomic mass is 127. The average molecular weight is 697 g/mol. The van der Waals surface area contributed by atoms with Crippen LogP contribution in [0.2, 0.25) is 0 Å². The van der Waals surface area contributed by atoms with Crippen molar-refractivity contribution in [3.63, 3.8) is 0 Å². The molecule has 0 aliphatic rings. The molecule has 0 atom stereocenters. The zero-order valence-corrected chi connectivity index (χ0v) is 21.5. The summed E-state index contributed by atoms with van der Waals surface area (Å²) in [5, 5.41) is 4.82. The number of hydrogen-bond donors (Lipinski definition) is 1. The van der Waals surface area contributed by atoms with E-state index in [9.17, 15) is 9.59 Å². The third-order valence-electron chi connectivity index (χ3n) is 3.74. The molecule has 156 valence electrons. The van der Waals surface area contributed by atoms with Crippen LogP contribution < -0.4 is 10.2 Å². The van der Waals surface area contributed by atoms with Gasteiger partial charge in [0.15, 0.2) is 12.4 Å². The number of esters is 1. The van der Waals surface area contributed by atoms with Gasteiger partial charge in [0.1, 0.15) is 11.3 Å². The molecular weight excluding hydrogens is 682 g/mol. The number of rotatable bonds is 7. The maximum absolute atomic E-state index is 12.3. The van der Waals surface area contributed by atoms with E-state index in [1.54, 1.807) is 19.1 Å². The van der Waals surface area contributed by atoms with Crippen molar-refractivity contribution in [2.45, 2.75) is 6.92 Å². The van der Waals surface area contributed by atoms with Crippen LogP contribution in [0.25, 0.3) is 11.0 Å². The molecule has 0 aliphatic heterocycles. The molecule has 10 heteroatoms. The molecule has 0 spiro atoms. The quantitative estimate of drug-likeness (QED) is 0.161. The number of carbonyl (C=O) groups excluding carboxylic acids is 2. The van der Waals surface area contributed by atoms with Crippen molar-refractivity contribution in [1.82, 2.24) is 5.43 Å². The molecule has 1 N–H and O–H groups in total. The molecule has 1 heterocycles. The van der Waals surface area contributed by atoms with Crippen molar-refractivity contribution < 1.29 is 23.5 Å². The Morgan fingerprint density at radius 2 is 1.93 bits per heavy atom. The molecular formula is C20H15BrI2N2O5. The number of nitrogens with zero attached hydrogens (tertiary/aromatic N) is 1. The Labute approximate surface area is 208 Å². The Morgan fingerprint density at radius 1 is 1.20 bits per heavy atom. The van der Waals surface area contributed by atoms with Crippen molar-refractivity contribution >= 4 is 90.2 Å². The molecule has 0 radical (unpaired) electrons.